The molecule has 0 bridgehead atoms. The van der Waals surface area contributed by atoms with Gasteiger partial charge in [0.05, 0.1) is 11.7 Å². The van der Waals surface area contributed by atoms with Crippen molar-refractivity contribution in [3.63, 3.8) is 0 Å². The average molecular weight is 265 g/mol. The molecular weight excluding hydrogens is 250 g/mol. The van der Waals surface area contributed by atoms with Gasteiger partial charge >= 0.3 is 0 Å². The summed E-state index contributed by atoms with van der Waals surface area (Å²) in [6, 6.07) is 15.8. The number of ether oxygens (including phenoxy) is 1. The molecule has 0 radical (unpaired) electrons. The van der Waals surface area contributed by atoms with Crippen LogP contribution in [0.1, 0.15) is 5.56 Å². The normalized spacial score (nSPS) is 10.7. The second-order valence-electron chi connectivity index (χ2n) is 4.50. The molecule has 20 heavy (non-hydrogen) atoms. The number of aromatic nitrogens is 2. The quantitative estimate of drug-likeness (QED) is 0.787. The van der Waals surface area contributed by atoms with Crippen LogP contribution in [0, 0.1) is 0 Å². The summed E-state index contributed by atoms with van der Waals surface area (Å²) in [5, 5.41) is 12.1. The van der Waals surface area contributed by atoms with Crippen LogP contribution in [0.15, 0.2) is 54.7 Å². The van der Waals surface area contributed by atoms with Gasteiger partial charge in [0.1, 0.15) is 5.75 Å². The number of fused-ring (bicyclic) bond motifs is 1. The summed E-state index contributed by atoms with van der Waals surface area (Å²) in [7, 11) is 1.93. The van der Waals surface area contributed by atoms with Gasteiger partial charge in [-0.25, -0.2) is 0 Å². The lowest BCUT2D eigenvalue weighted by molar-refractivity contribution is 0.484. The van der Waals surface area contributed by atoms with E-state index in [1.54, 1.807) is 6.20 Å². The highest BCUT2D eigenvalue weighted by molar-refractivity contribution is 5.84. The van der Waals surface area contributed by atoms with E-state index in [4.69, 9.17) is 4.74 Å². The summed E-state index contributed by atoms with van der Waals surface area (Å²) >= 11 is 0. The third kappa shape index (κ3) is 2.60. The Labute approximate surface area is 117 Å². The first-order valence-electron chi connectivity index (χ1n) is 6.48. The van der Waals surface area contributed by atoms with Gasteiger partial charge < -0.3 is 10.1 Å². The lowest BCUT2D eigenvalue weighted by Gasteiger charge is -2.08. The van der Waals surface area contributed by atoms with E-state index in [1.165, 1.54) is 5.56 Å². The van der Waals surface area contributed by atoms with Crippen LogP contribution in [0.2, 0.25) is 0 Å². The van der Waals surface area contributed by atoms with Crippen LogP contribution in [0.5, 0.6) is 11.5 Å². The van der Waals surface area contributed by atoms with E-state index in [-0.39, 0.29) is 0 Å². The first kappa shape index (κ1) is 12.6. The Balaban J connectivity index is 1.89. The highest BCUT2D eigenvalue weighted by atomic mass is 16.5. The zero-order valence-electron chi connectivity index (χ0n) is 11.2. The van der Waals surface area contributed by atoms with Gasteiger partial charge in [0.25, 0.3) is 0 Å². The fraction of sp³-hybridized carbons (Fsp3) is 0.125. The predicted molar refractivity (Wildman–Crippen MR) is 78.8 cm³/mol. The Hall–Kier alpha value is -2.46. The van der Waals surface area contributed by atoms with E-state index in [0.29, 0.717) is 0 Å². The highest BCUT2D eigenvalue weighted by Crippen LogP contribution is 2.27. The molecule has 0 spiro atoms. The number of nitrogens with zero attached hydrogens (tertiary/aromatic N) is 2. The molecule has 0 atom stereocenters. The molecule has 0 unspecified atom stereocenters. The SMILES string of the molecule is CNCc1ccc(Oc2cnnc3ccccc23)cc1. The van der Waals surface area contributed by atoms with E-state index in [0.717, 1.165) is 28.9 Å². The van der Waals surface area contributed by atoms with Gasteiger partial charge in [0, 0.05) is 11.9 Å². The Morgan fingerprint density at radius 3 is 2.65 bits per heavy atom. The van der Waals surface area contributed by atoms with Crippen molar-refractivity contribution in [2.45, 2.75) is 6.54 Å². The molecule has 1 N–H and O–H groups in total. The van der Waals surface area contributed by atoms with Crippen molar-refractivity contribution in [1.82, 2.24) is 15.5 Å². The zero-order valence-corrected chi connectivity index (χ0v) is 11.2. The van der Waals surface area contributed by atoms with Crippen molar-refractivity contribution >= 4 is 10.9 Å². The standard InChI is InChI=1S/C16H15N3O/c1-17-10-12-6-8-13(9-7-12)20-16-11-18-19-15-5-3-2-4-14(15)16/h2-9,11,17H,10H2,1H3. The number of nitrogens with one attached hydrogen (secondary N) is 1. The second kappa shape index (κ2) is 5.67. The predicted octanol–water partition coefficient (Wildman–Crippen LogP) is 3.14. The maximum absolute atomic E-state index is 5.90. The van der Waals surface area contributed by atoms with Crippen LogP contribution in [0.25, 0.3) is 10.9 Å². The third-order valence-corrected chi connectivity index (χ3v) is 3.04. The third-order valence-electron chi connectivity index (χ3n) is 3.04. The average Bonchev–Trinajstić information content (AvgIpc) is 2.50. The van der Waals surface area contributed by atoms with Gasteiger partial charge in [-0.3, -0.25) is 0 Å². The van der Waals surface area contributed by atoms with E-state index in [2.05, 4.69) is 15.5 Å². The molecule has 0 aliphatic carbocycles. The van der Waals surface area contributed by atoms with Crippen LogP contribution in [0.3, 0.4) is 0 Å². The van der Waals surface area contributed by atoms with Crippen LogP contribution in [0.4, 0.5) is 0 Å². The smallest absolute Gasteiger partial charge is 0.156 e. The highest BCUT2D eigenvalue weighted by Gasteiger charge is 2.04. The number of rotatable bonds is 4. The van der Waals surface area contributed by atoms with E-state index in [1.807, 2.05) is 55.6 Å². The van der Waals surface area contributed by atoms with Gasteiger partial charge in [0.2, 0.25) is 0 Å². The number of benzene rings is 2. The lowest BCUT2D eigenvalue weighted by Crippen LogP contribution is -2.04. The maximum Gasteiger partial charge on any atom is 0.156 e. The minimum absolute atomic E-state index is 0.719. The summed E-state index contributed by atoms with van der Waals surface area (Å²) in [4.78, 5) is 0. The molecule has 1 heterocycles. The molecule has 4 heteroatoms. The monoisotopic (exact) mass is 265 g/mol. The largest absolute Gasteiger partial charge is 0.455 e. The molecule has 100 valence electrons. The lowest BCUT2D eigenvalue weighted by atomic mass is 10.2. The van der Waals surface area contributed by atoms with Gasteiger partial charge in [-0.05, 0) is 36.9 Å². The molecule has 1 aromatic heterocycles. The zero-order chi connectivity index (χ0) is 13.8. The van der Waals surface area contributed by atoms with Crippen molar-refractivity contribution in [2.75, 3.05) is 7.05 Å². The first-order chi connectivity index (χ1) is 9.86. The fourth-order valence-corrected chi connectivity index (χ4v) is 2.07. The van der Waals surface area contributed by atoms with E-state index >= 15 is 0 Å². The minimum Gasteiger partial charge on any atom is -0.455 e. The molecule has 0 amide bonds. The summed E-state index contributed by atoms with van der Waals surface area (Å²) in [6.07, 6.45) is 1.64. The van der Waals surface area contributed by atoms with Crippen molar-refractivity contribution in [2.24, 2.45) is 0 Å². The van der Waals surface area contributed by atoms with Gasteiger partial charge in [-0.15, -0.1) is 0 Å². The molecule has 2 aromatic carbocycles. The minimum atomic E-state index is 0.719. The summed E-state index contributed by atoms with van der Waals surface area (Å²) in [6.45, 7) is 0.847. The first-order valence-corrected chi connectivity index (χ1v) is 6.48. The van der Waals surface area contributed by atoms with Crippen LogP contribution in [-0.4, -0.2) is 17.2 Å². The van der Waals surface area contributed by atoms with Crippen LogP contribution in [-0.2, 0) is 6.54 Å². The van der Waals surface area contributed by atoms with Crippen LogP contribution >= 0.6 is 0 Å². The molecule has 0 aliphatic rings. The Kier molecular flexibility index (Phi) is 3.56. The van der Waals surface area contributed by atoms with Crippen molar-refractivity contribution in [3.05, 3.63) is 60.3 Å². The van der Waals surface area contributed by atoms with E-state index < -0.39 is 0 Å². The van der Waals surface area contributed by atoms with Gasteiger partial charge in [-0.2, -0.15) is 10.2 Å². The Morgan fingerprint density at radius 1 is 1.05 bits per heavy atom. The molecular formula is C16H15N3O. The summed E-state index contributed by atoms with van der Waals surface area (Å²) < 4.78 is 5.90. The topological polar surface area (TPSA) is 47.0 Å². The van der Waals surface area contributed by atoms with Crippen LogP contribution < -0.4 is 10.1 Å². The van der Waals surface area contributed by atoms with Crippen molar-refractivity contribution in [3.8, 4) is 11.5 Å². The molecule has 3 rings (SSSR count). The maximum atomic E-state index is 5.90. The molecule has 0 saturated heterocycles. The second-order valence-corrected chi connectivity index (χ2v) is 4.50. The fourth-order valence-electron chi connectivity index (χ4n) is 2.07. The number of hydrogen-bond acceptors (Lipinski definition) is 4. The summed E-state index contributed by atoms with van der Waals surface area (Å²) in [5.74, 6) is 1.51. The van der Waals surface area contributed by atoms with Gasteiger partial charge in [-0.1, -0.05) is 24.3 Å². The Bertz CT molecular complexity index is 705. The molecule has 0 saturated carbocycles. The van der Waals surface area contributed by atoms with E-state index in [9.17, 15) is 0 Å². The molecule has 0 aliphatic heterocycles. The van der Waals surface area contributed by atoms with Crippen molar-refractivity contribution < 1.29 is 4.74 Å². The molecule has 0 fully saturated rings. The molecule has 3 aromatic rings. The Morgan fingerprint density at radius 2 is 1.85 bits per heavy atom. The van der Waals surface area contributed by atoms with Crippen molar-refractivity contribution in [1.29, 1.82) is 0 Å². The number of hydrogen-bond donors (Lipinski definition) is 1. The molecule has 4 nitrogen and oxygen atoms in total. The summed E-state index contributed by atoms with van der Waals surface area (Å²) in [5.41, 5.74) is 2.05. The van der Waals surface area contributed by atoms with Gasteiger partial charge in [0.15, 0.2) is 5.75 Å².